The molecular formula is C16H12N2O2. The first-order valence-electron chi connectivity index (χ1n) is 6.26. The van der Waals surface area contributed by atoms with Gasteiger partial charge in [0.1, 0.15) is 0 Å². The lowest BCUT2D eigenvalue weighted by atomic mass is 10.1. The van der Waals surface area contributed by atoms with Gasteiger partial charge in [0.25, 0.3) is 0 Å². The Morgan fingerprint density at radius 1 is 1.25 bits per heavy atom. The largest absolute Gasteiger partial charge is 0.420 e. The molecule has 1 heterocycles. The molecule has 0 amide bonds. The minimum atomic E-state index is -0.382. The molecule has 0 aliphatic rings. The first-order valence-corrected chi connectivity index (χ1v) is 6.26. The molecule has 0 bridgehead atoms. The highest BCUT2D eigenvalue weighted by molar-refractivity contribution is 5.73. The summed E-state index contributed by atoms with van der Waals surface area (Å²) in [5.74, 6) is -0.382. The van der Waals surface area contributed by atoms with E-state index in [0.717, 1.165) is 16.6 Å². The summed E-state index contributed by atoms with van der Waals surface area (Å²) in [4.78, 5) is 11.9. The van der Waals surface area contributed by atoms with Crippen molar-refractivity contribution in [1.82, 2.24) is 4.57 Å². The van der Waals surface area contributed by atoms with Crippen LogP contribution in [0.25, 0.3) is 11.1 Å². The number of rotatable bonds is 2. The summed E-state index contributed by atoms with van der Waals surface area (Å²) in [6.07, 6.45) is 0. The first kappa shape index (κ1) is 12.2. The van der Waals surface area contributed by atoms with E-state index in [1.165, 1.54) is 0 Å². The Labute approximate surface area is 115 Å². The average Bonchev–Trinajstić information content (AvgIpc) is 2.74. The molecule has 4 heteroatoms. The van der Waals surface area contributed by atoms with Gasteiger partial charge in [-0.15, -0.1) is 0 Å². The highest BCUT2D eigenvalue weighted by Crippen LogP contribution is 2.16. The molecule has 0 saturated carbocycles. The van der Waals surface area contributed by atoms with Crippen molar-refractivity contribution < 1.29 is 4.42 Å². The van der Waals surface area contributed by atoms with E-state index in [0.29, 0.717) is 17.7 Å². The van der Waals surface area contributed by atoms with Crippen LogP contribution >= 0.6 is 0 Å². The maximum absolute atomic E-state index is 11.9. The number of hydrogen-bond donors (Lipinski definition) is 0. The summed E-state index contributed by atoms with van der Waals surface area (Å²) in [6, 6.07) is 15.0. The van der Waals surface area contributed by atoms with Crippen molar-refractivity contribution in [3.05, 3.63) is 69.7 Å². The quantitative estimate of drug-likeness (QED) is 0.715. The Kier molecular flexibility index (Phi) is 2.88. The summed E-state index contributed by atoms with van der Waals surface area (Å²) >= 11 is 0. The van der Waals surface area contributed by atoms with Crippen LogP contribution < -0.4 is 5.76 Å². The maximum Gasteiger partial charge on any atom is 0.420 e. The van der Waals surface area contributed by atoms with Crippen molar-refractivity contribution in [2.75, 3.05) is 0 Å². The number of benzene rings is 2. The molecule has 0 aliphatic heterocycles. The second-order valence-corrected chi connectivity index (χ2v) is 4.74. The molecule has 4 nitrogen and oxygen atoms in total. The lowest BCUT2D eigenvalue weighted by Crippen LogP contribution is -2.14. The Bertz CT molecular complexity index is 881. The van der Waals surface area contributed by atoms with Crippen LogP contribution in [-0.4, -0.2) is 4.57 Å². The van der Waals surface area contributed by atoms with Gasteiger partial charge in [-0.25, -0.2) is 4.79 Å². The first-order chi connectivity index (χ1) is 9.67. The zero-order valence-electron chi connectivity index (χ0n) is 11.0. The minimum Gasteiger partial charge on any atom is -0.408 e. The van der Waals surface area contributed by atoms with Gasteiger partial charge in [0.05, 0.1) is 23.7 Å². The molecule has 0 aliphatic carbocycles. The molecule has 0 radical (unpaired) electrons. The lowest BCUT2D eigenvalue weighted by Gasteiger charge is -2.03. The number of fused-ring (bicyclic) bond motifs is 1. The number of nitrogens with zero attached hydrogens (tertiary/aromatic N) is 2. The zero-order valence-corrected chi connectivity index (χ0v) is 11.0. The molecule has 0 atom stereocenters. The molecule has 3 aromatic rings. The third-order valence-corrected chi connectivity index (χ3v) is 3.22. The van der Waals surface area contributed by atoms with Gasteiger partial charge in [-0.1, -0.05) is 18.2 Å². The Morgan fingerprint density at radius 2 is 2.10 bits per heavy atom. The van der Waals surface area contributed by atoms with Crippen molar-refractivity contribution in [2.24, 2.45) is 0 Å². The van der Waals surface area contributed by atoms with E-state index >= 15 is 0 Å². The van der Waals surface area contributed by atoms with E-state index in [2.05, 4.69) is 6.07 Å². The molecule has 20 heavy (non-hydrogen) atoms. The summed E-state index contributed by atoms with van der Waals surface area (Å²) < 4.78 is 6.83. The SMILES string of the molecule is Cc1ccc2c(c1)oc(=O)n2Cc1cccc(C#N)c1. The van der Waals surface area contributed by atoms with Crippen LogP contribution in [0, 0.1) is 18.3 Å². The van der Waals surface area contributed by atoms with Gasteiger partial charge in [-0.05, 0) is 42.3 Å². The predicted octanol–water partition coefficient (Wildman–Crippen LogP) is 2.82. The van der Waals surface area contributed by atoms with Gasteiger partial charge in [0.2, 0.25) is 0 Å². The second kappa shape index (κ2) is 4.71. The summed E-state index contributed by atoms with van der Waals surface area (Å²) in [7, 11) is 0. The summed E-state index contributed by atoms with van der Waals surface area (Å²) in [6.45, 7) is 2.34. The topological polar surface area (TPSA) is 58.9 Å². The van der Waals surface area contributed by atoms with E-state index in [4.69, 9.17) is 9.68 Å². The van der Waals surface area contributed by atoms with E-state index < -0.39 is 0 Å². The molecule has 0 spiro atoms. The fourth-order valence-electron chi connectivity index (χ4n) is 2.25. The molecule has 3 rings (SSSR count). The highest BCUT2D eigenvalue weighted by Gasteiger charge is 2.09. The van der Waals surface area contributed by atoms with Crippen LogP contribution in [0.2, 0.25) is 0 Å². The van der Waals surface area contributed by atoms with Crippen LogP contribution in [0.4, 0.5) is 0 Å². The standard InChI is InChI=1S/C16H12N2O2/c1-11-5-6-14-15(7-11)20-16(19)18(14)10-13-4-2-3-12(8-13)9-17/h2-8H,10H2,1H3. The molecule has 0 saturated heterocycles. The Hall–Kier alpha value is -2.80. The molecule has 0 fully saturated rings. The Balaban J connectivity index is 2.09. The van der Waals surface area contributed by atoms with Crippen molar-refractivity contribution in [3.8, 4) is 6.07 Å². The predicted molar refractivity (Wildman–Crippen MR) is 75.5 cm³/mol. The third-order valence-electron chi connectivity index (χ3n) is 3.22. The maximum atomic E-state index is 11.9. The van der Waals surface area contributed by atoms with Gasteiger partial charge in [-0.2, -0.15) is 5.26 Å². The zero-order chi connectivity index (χ0) is 14.1. The molecule has 98 valence electrons. The number of oxazole rings is 1. The number of aromatic nitrogens is 1. The van der Waals surface area contributed by atoms with Crippen molar-refractivity contribution in [3.63, 3.8) is 0 Å². The summed E-state index contributed by atoms with van der Waals surface area (Å²) in [5.41, 5.74) is 3.88. The molecular weight excluding hydrogens is 252 g/mol. The molecule has 2 aromatic carbocycles. The van der Waals surface area contributed by atoms with Gasteiger partial charge in [0, 0.05) is 0 Å². The van der Waals surface area contributed by atoms with Gasteiger partial charge in [-0.3, -0.25) is 4.57 Å². The average molecular weight is 264 g/mol. The lowest BCUT2D eigenvalue weighted by molar-refractivity contribution is 0.517. The second-order valence-electron chi connectivity index (χ2n) is 4.74. The van der Waals surface area contributed by atoms with E-state index in [-0.39, 0.29) is 5.76 Å². The molecule has 0 N–H and O–H groups in total. The fourth-order valence-corrected chi connectivity index (χ4v) is 2.25. The van der Waals surface area contributed by atoms with Crippen LogP contribution in [-0.2, 0) is 6.54 Å². The summed E-state index contributed by atoms with van der Waals surface area (Å²) in [5, 5.41) is 8.91. The van der Waals surface area contributed by atoms with Crippen LogP contribution in [0.5, 0.6) is 0 Å². The van der Waals surface area contributed by atoms with E-state index in [1.54, 1.807) is 16.7 Å². The number of aryl methyl sites for hydroxylation is 1. The van der Waals surface area contributed by atoms with Gasteiger partial charge < -0.3 is 4.42 Å². The highest BCUT2D eigenvalue weighted by atomic mass is 16.4. The van der Waals surface area contributed by atoms with Crippen molar-refractivity contribution in [2.45, 2.75) is 13.5 Å². The van der Waals surface area contributed by atoms with Crippen molar-refractivity contribution >= 4 is 11.1 Å². The fraction of sp³-hybridized carbons (Fsp3) is 0.125. The van der Waals surface area contributed by atoms with Gasteiger partial charge >= 0.3 is 5.76 Å². The molecule has 0 unspecified atom stereocenters. The van der Waals surface area contributed by atoms with E-state index in [9.17, 15) is 4.79 Å². The smallest absolute Gasteiger partial charge is 0.408 e. The van der Waals surface area contributed by atoms with Crippen molar-refractivity contribution in [1.29, 1.82) is 5.26 Å². The normalized spacial score (nSPS) is 10.6. The number of hydrogen-bond acceptors (Lipinski definition) is 3. The van der Waals surface area contributed by atoms with Crippen LogP contribution in [0.1, 0.15) is 16.7 Å². The van der Waals surface area contributed by atoms with Crippen LogP contribution in [0.15, 0.2) is 51.7 Å². The van der Waals surface area contributed by atoms with Gasteiger partial charge in [0.15, 0.2) is 5.58 Å². The molecule has 1 aromatic heterocycles. The minimum absolute atomic E-state index is 0.382. The number of nitriles is 1. The van der Waals surface area contributed by atoms with Crippen LogP contribution in [0.3, 0.4) is 0 Å². The third kappa shape index (κ3) is 2.10. The Morgan fingerprint density at radius 3 is 2.90 bits per heavy atom. The van der Waals surface area contributed by atoms with E-state index in [1.807, 2.05) is 37.3 Å². The monoisotopic (exact) mass is 264 g/mol.